The summed E-state index contributed by atoms with van der Waals surface area (Å²) in [5, 5.41) is 2.83. The molecule has 0 aliphatic carbocycles. The number of benzene rings is 2. The Hall–Kier alpha value is -2.38. The van der Waals surface area contributed by atoms with Gasteiger partial charge in [0.1, 0.15) is 10.6 Å². The number of amides is 1. The molecule has 0 aliphatic heterocycles. The van der Waals surface area contributed by atoms with E-state index in [1.54, 1.807) is 6.07 Å². The van der Waals surface area contributed by atoms with Crippen LogP contribution in [0.25, 0.3) is 0 Å². The topological polar surface area (TPSA) is 75.7 Å². The van der Waals surface area contributed by atoms with Crippen molar-refractivity contribution in [3.05, 3.63) is 59.7 Å². The van der Waals surface area contributed by atoms with Crippen molar-refractivity contribution in [2.24, 2.45) is 0 Å². The van der Waals surface area contributed by atoms with Gasteiger partial charge in [0, 0.05) is 25.7 Å². The monoisotopic (exact) mass is 404 g/mol. The number of sulfonamides is 1. The first-order valence-electron chi connectivity index (χ1n) is 9.36. The van der Waals surface area contributed by atoms with E-state index in [4.69, 9.17) is 4.74 Å². The number of rotatable bonds is 10. The molecule has 0 bridgehead atoms. The summed E-state index contributed by atoms with van der Waals surface area (Å²) in [6.45, 7) is 2.88. The minimum absolute atomic E-state index is 0.0189. The maximum Gasteiger partial charge on any atom is 0.251 e. The molecule has 0 fully saturated rings. The van der Waals surface area contributed by atoms with E-state index in [1.807, 2.05) is 30.3 Å². The van der Waals surface area contributed by atoms with Crippen LogP contribution in [-0.2, 0) is 16.6 Å². The third-order valence-corrected chi connectivity index (χ3v) is 6.25. The van der Waals surface area contributed by atoms with Crippen LogP contribution in [0.4, 0.5) is 0 Å². The Kier molecular flexibility index (Phi) is 8.02. The third kappa shape index (κ3) is 5.56. The van der Waals surface area contributed by atoms with E-state index in [0.29, 0.717) is 12.1 Å². The van der Waals surface area contributed by atoms with Crippen molar-refractivity contribution in [2.75, 3.05) is 20.7 Å². The lowest BCUT2D eigenvalue weighted by Gasteiger charge is -2.19. The summed E-state index contributed by atoms with van der Waals surface area (Å²) in [4.78, 5) is 12.4. The number of ether oxygens (including phenoxy) is 1. The fraction of sp³-hybridized carbons (Fsp3) is 0.381. The first-order valence-corrected chi connectivity index (χ1v) is 10.8. The van der Waals surface area contributed by atoms with Crippen molar-refractivity contribution < 1.29 is 17.9 Å². The molecule has 2 aromatic carbocycles. The highest BCUT2D eigenvalue weighted by Gasteiger charge is 2.26. The van der Waals surface area contributed by atoms with E-state index in [-0.39, 0.29) is 23.1 Å². The first-order chi connectivity index (χ1) is 13.4. The van der Waals surface area contributed by atoms with Crippen molar-refractivity contribution in [1.82, 2.24) is 9.62 Å². The van der Waals surface area contributed by atoms with Gasteiger partial charge in [-0.15, -0.1) is 0 Å². The van der Waals surface area contributed by atoms with Crippen molar-refractivity contribution in [2.45, 2.75) is 37.6 Å². The zero-order valence-corrected chi connectivity index (χ0v) is 17.5. The van der Waals surface area contributed by atoms with Crippen LogP contribution in [0.1, 0.15) is 42.1 Å². The van der Waals surface area contributed by atoms with Crippen molar-refractivity contribution >= 4 is 15.9 Å². The lowest BCUT2D eigenvalue weighted by Crippen LogP contribution is -2.28. The molecule has 7 heteroatoms. The molecule has 152 valence electrons. The fourth-order valence-electron chi connectivity index (χ4n) is 2.79. The van der Waals surface area contributed by atoms with Crippen LogP contribution >= 0.6 is 0 Å². The number of hydrogen-bond donors (Lipinski definition) is 1. The molecule has 0 spiro atoms. The van der Waals surface area contributed by atoms with Crippen LogP contribution in [0.5, 0.6) is 5.75 Å². The summed E-state index contributed by atoms with van der Waals surface area (Å²) in [6, 6.07) is 13.8. The van der Waals surface area contributed by atoms with Crippen molar-refractivity contribution in [1.29, 1.82) is 0 Å². The van der Waals surface area contributed by atoms with Gasteiger partial charge < -0.3 is 10.1 Å². The zero-order valence-electron chi connectivity index (χ0n) is 16.6. The summed E-state index contributed by atoms with van der Waals surface area (Å²) in [5.74, 6) is -0.0802. The van der Waals surface area contributed by atoms with Gasteiger partial charge in [0.15, 0.2) is 0 Å². The highest BCUT2D eigenvalue weighted by molar-refractivity contribution is 7.89. The van der Waals surface area contributed by atoms with Gasteiger partial charge >= 0.3 is 0 Å². The number of nitrogens with one attached hydrogen (secondary N) is 1. The van der Waals surface area contributed by atoms with Gasteiger partial charge in [0.2, 0.25) is 10.0 Å². The number of carbonyl (C=O) groups is 1. The van der Waals surface area contributed by atoms with E-state index in [2.05, 4.69) is 12.2 Å². The Morgan fingerprint density at radius 1 is 1.11 bits per heavy atom. The molecular weight excluding hydrogens is 376 g/mol. The smallest absolute Gasteiger partial charge is 0.251 e. The van der Waals surface area contributed by atoms with Gasteiger partial charge in [0.25, 0.3) is 5.91 Å². The first kappa shape index (κ1) is 21.9. The van der Waals surface area contributed by atoms with Crippen LogP contribution < -0.4 is 10.1 Å². The maximum atomic E-state index is 13.1. The van der Waals surface area contributed by atoms with Gasteiger partial charge in [-0.05, 0) is 30.2 Å². The average Bonchev–Trinajstić information content (AvgIpc) is 2.71. The molecule has 0 aliphatic rings. The molecule has 0 radical (unpaired) electrons. The molecule has 0 unspecified atom stereocenters. The molecule has 2 rings (SSSR count). The highest BCUT2D eigenvalue weighted by atomic mass is 32.2. The summed E-state index contributed by atoms with van der Waals surface area (Å²) in [6.07, 6.45) is 2.99. The van der Waals surface area contributed by atoms with Crippen LogP contribution in [0, 0.1) is 0 Å². The van der Waals surface area contributed by atoms with Crippen molar-refractivity contribution in [3.8, 4) is 5.75 Å². The van der Waals surface area contributed by atoms with Crippen LogP contribution in [0.15, 0.2) is 53.4 Å². The molecule has 1 amide bonds. The average molecular weight is 405 g/mol. The second kappa shape index (κ2) is 10.2. The standard InChI is InChI=1S/C21H28N2O4S/c1-4-5-9-14-22-21(24)18-12-13-19(27-3)20(15-18)28(25,26)23(2)16-17-10-7-6-8-11-17/h6-8,10-13,15H,4-5,9,14,16H2,1-3H3,(H,22,24). The van der Waals surface area contributed by atoms with Crippen LogP contribution in [0.3, 0.4) is 0 Å². The zero-order chi connectivity index (χ0) is 20.6. The molecule has 1 N–H and O–H groups in total. The van der Waals surface area contributed by atoms with E-state index >= 15 is 0 Å². The van der Waals surface area contributed by atoms with E-state index in [1.165, 1.54) is 30.6 Å². The maximum absolute atomic E-state index is 13.1. The second-order valence-electron chi connectivity index (χ2n) is 6.58. The summed E-state index contributed by atoms with van der Waals surface area (Å²) >= 11 is 0. The fourth-order valence-corrected chi connectivity index (χ4v) is 4.13. The Labute approximate surface area is 167 Å². The minimum atomic E-state index is -3.84. The summed E-state index contributed by atoms with van der Waals surface area (Å²) in [5.41, 5.74) is 1.17. The molecule has 0 saturated carbocycles. The molecule has 28 heavy (non-hydrogen) atoms. The molecule has 0 aromatic heterocycles. The predicted octanol–water partition coefficient (Wildman–Crippen LogP) is 3.44. The Balaban J connectivity index is 2.25. The normalized spacial score (nSPS) is 11.4. The second-order valence-corrected chi connectivity index (χ2v) is 8.59. The number of nitrogens with zero attached hydrogens (tertiary/aromatic N) is 1. The number of carbonyl (C=O) groups excluding carboxylic acids is 1. The number of hydrogen-bond acceptors (Lipinski definition) is 4. The number of methoxy groups -OCH3 is 1. The van der Waals surface area contributed by atoms with Gasteiger partial charge in [-0.3, -0.25) is 4.79 Å². The largest absolute Gasteiger partial charge is 0.495 e. The van der Waals surface area contributed by atoms with E-state index in [9.17, 15) is 13.2 Å². The van der Waals surface area contributed by atoms with Gasteiger partial charge in [-0.1, -0.05) is 50.1 Å². The Morgan fingerprint density at radius 2 is 1.82 bits per heavy atom. The lowest BCUT2D eigenvalue weighted by atomic mass is 10.2. The van der Waals surface area contributed by atoms with Crippen LogP contribution in [-0.4, -0.2) is 39.3 Å². The minimum Gasteiger partial charge on any atom is -0.495 e. The van der Waals surface area contributed by atoms with E-state index in [0.717, 1.165) is 24.8 Å². The summed E-state index contributed by atoms with van der Waals surface area (Å²) < 4.78 is 32.7. The van der Waals surface area contributed by atoms with Crippen molar-refractivity contribution in [3.63, 3.8) is 0 Å². The van der Waals surface area contributed by atoms with Crippen LogP contribution in [0.2, 0.25) is 0 Å². The Morgan fingerprint density at radius 3 is 2.46 bits per heavy atom. The molecule has 6 nitrogen and oxygen atoms in total. The molecule has 0 heterocycles. The SMILES string of the molecule is CCCCCNC(=O)c1ccc(OC)c(S(=O)(=O)N(C)Cc2ccccc2)c1. The van der Waals surface area contributed by atoms with E-state index < -0.39 is 10.0 Å². The molecule has 2 aromatic rings. The van der Waals surface area contributed by atoms with Gasteiger partial charge in [0.05, 0.1) is 7.11 Å². The number of unbranched alkanes of at least 4 members (excludes halogenated alkanes) is 2. The molecular formula is C21H28N2O4S. The summed E-state index contributed by atoms with van der Waals surface area (Å²) in [7, 11) is -0.911. The lowest BCUT2D eigenvalue weighted by molar-refractivity contribution is 0.0952. The highest BCUT2D eigenvalue weighted by Crippen LogP contribution is 2.28. The molecule has 0 saturated heterocycles. The van der Waals surface area contributed by atoms with Gasteiger partial charge in [-0.2, -0.15) is 4.31 Å². The molecule has 0 atom stereocenters. The third-order valence-electron chi connectivity index (χ3n) is 4.43. The Bertz CT molecular complexity index is 883. The van der Waals surface area contributed by atoms with Gasteiger partial charge in [-0.25, -0.2) is 8.42 Å². The predicted molar refractivity (Wildman–Crippen MR) is 110 cm³/mol. The quantitative estimate of drug-likeness (QED) is 0.616.